The predicted octanol–water partition coefficient (Wildman–Crippen LogP) is 4.56. The third kappa shape index (κ3) is 4.85. The molecule has 1 aromatic carbocycles. The smallest absolute Gasteiger partial charge is 0.459 e. The van der Waals surface area contributed by atoms with Gasteiger partial charge in [0.2, 0.25) is 17.5 Å². The number of carbonyl (C=O) groups excluding carboxylic acids is 1. The van der Waals surface area contributed by atoms with Gasteiger partial charge in [-0.2, -0.15) is 10.2 Å². The molecule has 0 atom stereocenters. The summed E-state index contributed by atoms with van der Waals surface area (Å²) in [5.74, 6) is 0.0583. The van der Waals surface area contributed by atoms with Crippen LogP contribution >= 0.6 is 0 Å². The molecule has 0 spiro atoms. The van der Waals surface area contributed by atoms with Crippen LogP contribution < -0.4 is 15.0 Å². The first-order valence-corrected chi connectivity index (χ1v) is 9.69. The van der Waals surface area contributed by atoms with E-state index in [0.717, 1.165) is 12.1 Å². The number of anilines is 2. The standard InChI is InChI=1S/C21H17F3N4O4/c22-21(23,24)32-15-5-3-14(4-6-15)26-18(29)13-7-9-28(10-8-13)20-16(12-25)27-19(31-20)17-2-1-11-30-17/h1-6,11,13H,7-10H2,(H,26,29). The molecule has 4 rings (SSSR count). The summed E-state index contributed by atoms with van der Waals surface area (Å²) >= 11 is 0. The lowest BCUT2D eigenvalue weighted by atomic mass is 9.96. The zero-order valence-electron chi connectivity index (χ0n) is 16.6. The lowest BCUT2D eigenvalue weighted by molar-refractivity contribution is -0.274. The number of piperidine rings is 1. The number of oxazole rings is 1. The maximum Gasteiger partial charge on any atom is 0.573 e. The minimum atomic E-state index is -4.77. The molecule has 3 heterocycles. The molecule has 1 amide bonds. The summed E-state index contributed by atoms with van der Waals surface area (Å²) in [6.45, 7) is 0.940. The number of aromatic nitrogens is 1. The van der Waals surface area contributed by atoms with Crippen LogP contribution in [0.25, 0.3) is 11.7 Å². The Morgan fingerprint density at radius 2 is 1.94 bits per heavy atom. The molecule has 1 saturated heterocycles. The zero-order valence-corrected chi connectivity index (χ0v) is 16.6. The average molecular weight is 446 g/mol. The summed E-state index contributed by atoms with van der Waals surface area (Å²) in [6, 6.07) is 10.3. The molecule has 0 bridgehead atoms. The number of hydrogen-bond acceptors (Lipinski definition) is 7. The molecule has 8 nitrogen and oxygen atoms in total. The lowest BCUT2D eigenvalue weighted by Crippen LogP contribution is -2.38. The highest BCUT2D eigenvalue weighted by atomic mass is 19.4. The van der Waals surface area contributed by atoms with Gasteiger partial charge in [0.1, 0.15) is 11.8 Å². The Kier molecular flexibility index (Phi) is 5.77. The van der Waals surface area contributed by atoms with Gasteiger partial charge in [-0.15, -0.1) is 13.2 Å². The molecule has 1 fully saturated rings. The van der Waals surface area contributed by atoms with Gasteiger partial charge in [0.05, 0.1) is 6.26 Å². The van der Waals surface area contributed by atoms with E-state index in [1.54, 1.807) is 12.1 Å². The van der Waals surface area contributed by atoms with Crippen molar-refractivity contribution in [1.29, 1.82) is 5.26 Å². The van der Waals surface area contributed by atoms with Crippen LogP contribution in [0.5, 0.6) is 5.75 Å². The summed E-state index contributed by atoms with van der Waals surface area (Å²) in [4.78, 5) is 18.6. The maximum absolute atomic E-state index is 12.6. The number of alkyl halides is 3. The van der Waals surface area contributed by atoms with Crippen molar-refractivity contribution in [3.63, 3.8) is 0 Å². The van der Waals surface area contributed by atoms with E-state index < -0.39 is 6.36 Å². The van der Waals surface area contributed by atoms with Crippen LogP contribution in [0.15, 0.2) is 51.5 Å². The highest BCUT2D eigenvalue weighted by Crippen LogP contribution is 2.32. The first-order chi connectivity index (χ1) is 15.3. The van der Waals surface area contributed by atoms with Crippen LogP contribution in [0.1, 0.15) is 18.5 Å². The quantitative estimate of drug-likeness (QED) is 0.613. The molecule has 11 heteroatoms. The summed E-state index contributed by atoms with van der Waals surface area (Å²) in [5, 5.41) is 12.1. The second-order valence-corrected chi connectivity index (χ2v) is 7.08. The molecular weight excluding hydrogens is 429 g/mol. The first-order valence-electron chi connectivity index (χ1n) is 9.69. The summed E-state index contributed by atoms with van der Waals surface area (Å²) in [5.41, 5.74) is 0.512. The average Bonchev–Trinajstić information content (AvgIpc) is 3.44. The Morgan fingerprint density at radius 1 is 1.22 bits per heavy atom. The molecule has 32 heavy (non-hydrogen) atoms. The molecule has 0 aliphatic carbocycles. The van der Waals surface area contributed by atoms with Crippen molar-refractivity contribution in [1.82, 2.24) is 4.98 Å². The number of furan rings is 1. The summed E-state index contributed by atoms with van der Waals surface area (Å²) in [7, 11) is 0. The molecule has 2 aromatic heterocycles. The number of nitrogens with one attached hydrogen (secondary N) is 1. The predicted molar refractivity (Wildman–Crippen MR) is 106 cm³/mol. The molecule has 1 aliphatic rings. The fourth-order valence-electron chi connectivity index (χ4n) is 3.43. The van der Waals surface area contributed by atoms with Gasteiger partial charge in [-0.05, 0) is 49.2 Å². The third-order valence-corrected chi connectivity index (χ3v) is 4.96. The summed E-state index contributed by atoms with van der Waals surface area (Å²) < 4.78 is 51.5. The number of nitrogens with zero attached hydrogens (tertiary/aromatic N) is 3. The van der Waals surface area contributed by atoms with Gasteiger partial charge in [-0.3, -0.25) is 4.79 Å². The van der Waals surface area contributed by atoms with Crippen LogP contribution in [0, 0.1) is 17.2 Å². The van der Waals surface area contributed by atoms with E-state index in [0.29, 0.717) is 43.3 Å². The van der Waals surface area contributed by atoms with Crippen molar-refractivity contribution in [2.75, 3.05) is 23.3 Å². The fraction of sp³-hybridized carbons (Fsp3) is 0.286. The monoisotopic (exact) mass is 446 g/mol. The molecular formula is C21H17F3N4O4. The normalized spacial score (nSPS) is 14.8. The van der Waals surface area contributed by atoms with E-state index in [-0.39, 0.29) is 29.2 Å². The highest BCUT2D eigenvalue weighted by Gasteiger charge is 2.31. The van der Waals surface area contributed by atoms with Crippen LogP contribution in [0.2, 0.25) is 0 Å². The van der Waals surface area contributed by atoms with E-state index in [1.165, 1.54) is 18.4 Å². The molecule has 3 aromatic rings. The fourth-order valence-corrected chi connectivity index (χ4v) is 3.43. The first kappa shape index (κ1) is 21.3. The van der Waals surface area contributed by atoms with E-state index in [9.17, 15) is 23.2 Å². The van der Waals surface area contributed by atoms with Crippen molar-refractivity contribution in [2.45, 2.75) is 19.2 Å². The van der Waals surface area contributed by atoms with E-state index in [2.05, 4.69) is 15.0 Å². The topological polar surface area (TPSA) is 105 Å². The van der Waals surface area contributed by atoms with Crippen molar-refractivity contribution >= 4 is 17.5 Å². The minimum absolute atomic E-state index is 0.139. The number of benzene rings is 1. The number of amides is 1. The number of nitriles is 1. The van der Waals surface area contributed by atoms with Crippen molar-refractivity contribution < 1.29 is 31.5 Å². The Balaban J connectivity index is 1.35. The SMILES string of the molecule is N#Cc1nc(-c2ccco2)oc1N1CCC(C(=O)Nc2ccc(OC(F)(F)F)cc2)CC1. The summed E-state index contributed by atoms with van der Waals surface area (Å²) in [6.07, 6.45) is -2.29. The van der Waals surface area contributed by atoms with Crippen LogP contribution in [0.3, 0.4) is 0 Å². The maximum atomic E-state index is 12.6. The van der Waals surface area contributed by atoms with Crippen molar-refractivity contribution in [2.24, 2.45) is 5.92 Å². The van der Waals surface area contributed by atoms with E-state index in [1.807, 2.05) is 11.0 Å². The number of halogens is 3. The number of ether oxygens (including phenoxy) is 1. The van der Waals surface area contributed by atoms with Gasteiger partial charge in [-0.25, -0.2) is 0 Å². The molecule has 166 valence electrons. The van der Waals surface area contributed by atoms with Gasteiger partial charge < -0.3 is 23.8 Å². The Morgan fingerprint density at radius 3 is 2.53 bits per heavy atom. The molecule has 1 aliphatic heterocycles. The Labute approximate surface area is 180 Å². The zero-order chi connectivity index (χ0) is 22.7. The second kappa shape index (κ2) is 8.66. The number of rotatable bonds is 5. The van der Waals surface area contributed by atoms with Gasteiger partial charge in [-0.1, -0.05) is 0 Å². The van der Waals surface area contributed by atoms with Gasteiger partial charge in [0.25, 0.3) is 5.89 Å². The van der Waals surface area contributed by atoms with E-state index in [4.69, 9.17) is 8.83 Å². The second-order valence-electron chi connectivity index (χ2n) is 7.08. The minimum Gasteiger partial charge on any atom is -0.459 e. The van der Waals surface area contributed by atoms with Crippen molar-refractivity contribution in [3.05, 3.63) is 48.4 Å². The number of carbonyl (C=O) groups is 1. The number of hydrogen-bond donors (Lipinski definition) is 1. The third-order valence-electron chi connectivity index (χ3n) is 4.96. The molecule has 0 saturated carbocycles. The van der Waals surface area contributed by atoms with Crippen molar-refractivity contribution in [3.8, 4) is 23.5 Å². The van der Waals surface area contributed by atoms with Crippen LogP contribution in [-0.4, -0.2) is 30.3 Å². The van der Waals surface area contributed by atoms with Crippen LogP contribution in [-0.2, 0) is 4.79 Å². The van der Waals surface area contributed by atoms with Gasteiger partial charge in [0, 0.05) is 24.7 Å². The van der Waals surface area contributed by atoms with Gasteiger partial charge >= 0.3 is 6.36 Å². The van der Waals surface area contributed by atoms with Crippen LogP contribution in [0.4, 0.5) is 24.7 Å². The van der Waals surface area contributed by atoms with Gasteiger partial charge in [0.15, 0.2) is 5.76 Å². The lowest BCUT2D eigenvalue weighted by Gasteiger charge is -2.30. The largest absolute Gasteiger partial charge is 0.573 e. The highest BCUT2D eigenvalue weighted by molar-refractivity contribution is 5.92. The van der Waals surface area contributed by atoms with E-state index >= 15 is 0 Å². The molecule has 0 unspecified atom stereocenters. The molecule has 0 radical (unpaired) electrons. The Hall–Kier alpha value is -3.94. The molecule has 1 N–H and O–H groups in total. The Bertz CT molecular complexity index is 1110.